The van der Waals surface area contributed by atoms with Gasteiger partial charge in [-0.1, -0.05) is 13.8 Å². The Morgan fingerprint density at radius 2 is 1.91 bits per heavy atom. The predicted octanol–water partition coefficient (Wildman–Crippen LogP) is 3.03. The predicted molar refractivity (Wildman–Crippen MR) is 65.1 cm³/mol. The summed E-state index contributed by atoms with van der Waals surface area (Å²) >= 11 is 0. The molecule has 9 heteroatoms. The van der Waals surface area contributed by atoms with Crippen LogP contribution in [0.25, 0.3) is 0 Å². The lowest BCUT2D eigenvalue weighted by Gasteiger charge is -2.50. The van der Waals surface area contributed by atoms with E-state index < -0.39 is 47.9 Å². The van der Waals surface area contributed by atoms with Gasteiger partial charge >= 0.3 is 18.1 Å². The maximum Gasteiger partial charge on any atom is 0.423 e. The van der Waals surface area contributed by atoms with Crippen molar-refractivity contribution in [3.63, 3.8) is 0 Å². The summed E-state index contributed by atoms with van der Waals surface area (Å²) in [5.41, 5.74) is -3.97. The van der Waals surface area contributed by atoms with E-state index in [1.54, 1.807) is 6.92 Å². The lowest BCUT2D eigenvalue weighted by atomic mass is 9.85. The Bertz CT molecular complexity index is 435. The molecule has 1 fully saturated rings. The van der Waals surface area contributed by atoms with Crippen molar-refractivity contribution in [2.24, 2.45) is 5.92 Å². The highest BCUT2D eigenvalue weighted by atomic mass is 19.4. The molecule has 0 radical (unpaired) electrons. The minimum Gasteiger partial charge on any atom is -0.455 e. The van der Waals surface area contributed by atoms with Crippen molar-refractivity contribution in [1.82, 2.24) is 0 Å². The fraction of sp³-hybridized carbons (Fsp3) is 0.923. The molecule has 4 atom stereocenters. The number of alkyl halides is 5. The molecule has 1 aliphatic heterocycles. The van der Waals surface area contributed by atoms with E-state index in [1.807, 2.05) is 0 Å². The van der Waals surface area contributed by atoms with Crippen molar-refractivity contribution in [1.29, 1.82) is 0 Å². The van der Waals surface area contributed by atoms with E-state index in [4.69, 9.17) is 0 Å². The first kappa shape index (κ1) is 19.1. The second-order valence-corrected chi connectivity index (χ2v) is 5.87. The summed E-state index contributed by atoms with van der Waals surface area (Å²) < 4.78 is 76.4. The van der Waals surface area contributed by atoms with Gasteiger partial charge in [-0.2, -0.15) is 22.0 Å². The molecular weight excluding hydrogens is 315 g/mol. The Morgan fingerprint density at radius 1 is 1.41 bits per heavy atom. The standard InChI is InChI=1S/C13H19F5O4/c1-5-7(2)9(19)21-8-6-10(3,20)22-11(4,12(8,14)15)13(16,17)18/h7-8,20H,5-6H2,1-4H3. The molecule has 0 amide bonds. The molecule has 1 rings (SSSR count). The smallest absolute Gasteiger partial charge is 0.423 e. The Labute approximate surface area is 124 Å². The molecule has 130 valence electrons. The van der Waals surface area contributed by atoms with Gasteiger partial charge in [-0.3, -0.25) is 4.79 Å². The number of ether oxygens (including phenoxy) is 2. The zero-order valence-electron chi connectivity index (χ0n) is 12.6. The number of hydrogen-bond acceptors (Lipinski definition) is 4. The largest absolute Gasteiger partial charge is 0.455 e. The zero-order chi connectivity index (χ0) is 17.6. The molecule has 0 spiro atoms. The van der Waals surface area contributed by atoms with Crippen molar-refractivity contribution in [3.8, 4) is 0 Å². The summed E-state index contributed by atoms with van der Waals surface area (Å²) in [6.07, 6.45) is -8.60. The topological polar surface area (TPSA) is 55.8 Å². The molecule has 0 aromatic heterocycles. The lowest BCUT2D eigenvalue weighted by molar-refractivity contribution is -0.435. The fourth-order valence-corrected chi connectivity index (χ4v) is 2.11. The maximum absolute atomic E-state index is 14.3. The molecule has 1 N–H and O–H groups in total. The molecule has 0 aromatic carbocycles. The van der Waals surface area contributed by atoms with E-state index in [0.29, 0.717) is 0 Å². The number of rotatable bonds is 3. The molecule has 0 saturated carbocycles. The van der Waals surface area contributed by atoms with Gasteiger partial charge in [-0.05, 0) is 20.3 Å². The molecule has 1 saturated heterocycles. The Kier molecular flexibility index (Phi) is 4.85. The minimum absolute atomic E-state index is 0.130. The normalized spacial score (nSPS) is 36.7. The fourth-order valence-electron chi connectivity index (χ4n) is 2.11. The second-order valence-electron chi connectivity index (χ2n) is 5.87. The Morgan fingerprint density at radius 3 is 2.32 bits per heavy atom. The molecule has 4 unspecified atom stereocenters. The van der Waals surface area contributed by atoms with Crippen LogP contribution in [0.1, 0.15) is 40.5 Å². The van der Waals surface area contributed by atoms with Crippen LogP contribution in [0, 0.1) is 5.92 Å². The highest BCUT2D eigenvalue weighted by Gasteiger charge is 2.76. The van der Waals surface area contributed by atoms with Gasteiger partial charge in [0.2, 0.25) is 5.60 Å². The maximum atomic E-state index is 14.3. The number of halogens is 5. The van der Waals surface area contributed by atoms with Gasteiger partial charge in [0, 0.05) is 6.42 Å². The van der Waals surface area contributed by atoms with E-state index in [1.165, 1.54) is 6.92 Å². The number of hydrogen-bond donors (Lipinski definition) is 1. The second kappa shape index (κ2) is 5.59. The molecular formula is C13H19F5O4. The van der Waals surface area contributed by atoms with Crippen LogP contribution in [0.4, 0.5) is 22.0 Å². The molecule has 0 aliphatic carbocycles. The summed E-state index contributed by atoms with van der Waals surface area (Å²) in [6, 6.07) is 0. The number of carbonyl (C=O) groups excluding carboxylic acids is 1. The van der Waals surface area contributed by atoms with Gasteiger partial charge in [0.05, 0.1) is 5.92 Å². The van der Waals surface area contributed by atoms with Crippen LogP contribution in [0.2, 0.25) is 0 Å². The van der Waals surface area contributed by atoms with Gasteiger partial charge in [0.25, 0.3) is 0 Å². The van der Waals surface area contributed by atoms with Crippen molar-refractivity contribution in [2.45, 2.75) is 70.1 Å². The van der Waals surface area contributed by atoms with Crippen LogP contribution in [0.3, 0.4) is 0 Å². The van der Waals surface area contributed by atoms with Crippen LogP contribution >= 0.6 is 0 Å². The first-order chi connectivity index (χ1) is 9.68. The quantitative estimate of drug-likeness (QED) is 0.637. The third-order valence-corrected chi connectivity index (χ3v) is 3.84. The monoisotopic (exact) mass is 334 g/mol. The average molecular weight is 334 g/mol. The van der Waals surface area contributed by atoms with Gasteiger partial charge in [0.15, 0.2) is 11.9 Å². The molecule has 1 heterocycles. The Balaban J connectivity index is 3.19. The number of esters is 1. The highest BCUT2D eigenvalue weighted by molar-refractivity contribution is 5.72. The van der Waals surface area contributed by atoms with Gasteiger partial charge in [-0.15, -0.1) is 0 Å². The molecule has 0 bridgehead atoms. The molecule has 1 aliphatic rings. The van der Waals surface area contributed by atoms with Gasteiger partial charge in [0.1, 0.15) is 0 Å². The van der Waals surface area contributed by atoms with Crippen LogP contribution in [-0.4, -0.2) is 40.7 Å². The van der Waals surface area contributed by atoms with E-state index >= 15 is 0 Å². The molecule has 0 aromatic rings. The first-order valence-corrected chi connectivity index (χ1v) is 6.75. The SMILES string of the molecule is CCC(C)C(=O)OC1CC(C)(O)OC(C)(C(F)(F)F)C1(F)F. The lowest BCUT2D eigenvalue weighted by Crippen LogP contribution is -2.71. The summed E-state index contributed by atoms with van der Waals surface area (Å²) in [4.78, 5) is 11.6. The van der Waals surface area contributed by atoms with Gasteiger partial charge < -0.3 is 14.6 Å². The van der Waals surface area contributed by atoms with Gasteiger partial charge in [-0.25, -0.2) is 0 Å². The highest BCUT2D eigenvalue weighted by Crippen LogP contribution is 2.53. The third kappa shape index (κ3) is 3.19. The van der Waals surface area contributed by atoms with Crippen LogP contribution in [0.5, 0.6) is 0 Å². The minimum atomic E-state index is -5.47. The van der Waals surface area contributed by atoms with E-state index in [9.17, 15) is 31.9 Å². The molecule has 4 nitrogen and oxygen atoms in total. The third-order valence-electron chi connectivity index (χ3n) is 3.84. The van der Waals surface area contributed by atoms with E-state index in [-0.39, 0.29) is 13.3 Å². The summed E-state index contributed by atoms with van der Waals surface area (Å²) in [5.74, 6) is -8.85. The zero-order valence-corrected chi connectivity index (χ0v) is 12.6. The van der Waals surface area contributed by atoms with Crippen LogP contribution < -0.4 is 0 Å². The number of carbonyl (C=O) groups is 1. The summed E-state index contributed by atoms with van der Waals surface area (Å²) in [6.45, 7) is 3.95. The van der Waals surface area contributed by atoms with Crippen molar-refractivity contribution < 1.29 is 41.3 Å². The van der Waals surface area contributed by atoms with Crippen molar-refractivity contribution >= 4 is 5.97 Å². The summed E-state index contributed by atoms with van der Waals surface area (Å²) in [5, 5.41) is 9.74. The van der Waals surface area contributed by atoms with Crippen molar-refractivity contribution in [3.05, 3.63) is 0 Å². The van der Waals surface area contributed by atoms with Crippen LogP contribution in [-0.2, 0) is 14.3 Å². The molecule has 22 heavy (non-hydrogen) atoms. The summed E-state index contributed by atoms with van der Waals surface area (Å²) in [7, 11) is 0. The first-order valence-electron chi connectivity index (χ1n) is 6.75. The van der Waals surface area contributed by atoms with E-state index in [2.05, 4.69) is 9.47 Å². The van der Waals surface area contributed by atoms with Crippen LogP contribution in [0.15, 0.2) is 0 Å². The average Bonchev–Trinajstić information content (AvgIpc) is 2.32. The number of aliphatic hydroxyl groups is 1. The Hall–Kier alpha value is -0.960. The van der Waals surface area contributed by atoms with E-state index in [0.717, 1.165) is 6.92 Å². The van der Waals surface area contributed by atoms with Crippen molar-refractivity contribution in [2.75, 3.05) is 0 Å².